The van der Waals surface area contributed by atoms with Crippen LogP contribution in [0.25, 0.3) is 0 Å². The standard InChI is InChI=1S/C10H19NO/c1-3-8-11(2)9-6-4-5-7-10(9)12/h3,9-10,12H,1,4-8H2,2H3. The van der Waals surface area contributed by atoms with Crippen LogP contribution in [0.5, 0.6) is 0 Å². The highest BCUT2D eigenvalue weighted by Gasteiger charge is 2.25. The molecular weight excluding hydrogens is 150 g/mol. The van der Waals surface area contributed by atoms with E-state index in [4.69, 9.17) is 0 Å². The summed E-state index contributed by atoms with van der Waals surface area (Å²) in [5.41, 5.74) is 0. The van der Waals surface area contributed by atoms with Crippen LogP contribution in [0.3, 0.4) is 0 Å². The van der Waals surface area contributed by atoms with Gasteiger partial charge in [-0.2, -0.15) is 0 Å². The largest absolute Gasteiger partial charge is 0.391 e. The van der Waals surface area contributed by atoms with E-state index in [1.165, 1.54) is 12.8 Å². The van der Waals surface area contributed by atoms with Crippen molar-refractivity contribution in [2.24, 2.45) is 0 Å². The number of likely N-dealkylation sites (N-methyl/N-ethyl adjacent to an activating group) is 1. The van der Waals surface area contributed by atoms with Gasteiger partial charge in [0.05, 0.1) is 6.10 Å². The fraction of sp³-hybridized carbons (Fsp3) is 0.800. The molecule has 0 radical (unpaired) electrons. The third-order valence-electron chi connectivity index (χ3n) is 2.68. The first kappa shape index (κ1) is 9.75. The molecular formula is C10H19NO. The summed E-state index contributed by atoms with van der Waals surface area (Å²) in [6, 6.07) is 0.358. The van der Waals surface area contributed by atoms with Crippen LogP contribution in [0.2, 0.25) is 0 Å². The third kappa shape index (κ3) is 2.32. The molecule has 0 aromatic heterocycles. The molecule has 0 aromatic rings. The smallest absolute Gasteiger partial charge is 0.0695 e. The first-order valence-corrected chi connectivity index (χ1v) is 4.75. The summed E-state index contributed by atoms with van der Waals surface area (Å²) in [6.45, 7) is 4.57. The van der Waals surface area contributed by atoms with Crippen LogP contribution in [-0.4, -0.2) is 35.7 Å². The SMILES string of the molecule is C=CCN(C)C1CCCCC1O. The summed E-state index contributed by atoms with van der Waals surface area (Å²) in [4.78, 5) is 2.19. The molecule has 2 nitrogen and oxygen atoms in total. The van der Waals surface area contributed by atoms with Gasteiger partial charge >= 0.3 is 0 Å². The molecule has 0 amide bonds. The molecule has 0 saturated heterocycles. The van der Waals surface area contributed by atoms with Crippen LogP contribution in [0.4, 0.5) is 0 Å². The molecule has 1 aliphatic rings. The van der Waals surface area contributed by atoms with Crippen LogP contribution in [0.1, 0.15) is 25.7 Å². The minimum atomic E-state index is -0.122. The number of hydrogen-bond acceptors (Lipinski definition) is 2. The zero-order chi connectivity index (χ0) is 8.97. The summed E-state index contributed by atoms with van der Waals surface area (Å²) in [6.07, 6.45) is 6.30. The normalized spacial score (nSPS) is 30.6. The first-order chi connectivity index (χ1) is 5.75. The monoisotopic (exact) mass is 169 g/mol. The first-order valence-electron chi connectivity index (χ1n) is 4.75. The van der Waals surface area contributed by atoms with Gasteiger partial charge in [-0.15, -0.1) is 6.58 Å². The zero-order valence-corrected chi connectivity index (χ0v) is 7.87. The van der Waals surface area contributed by atoms with Gasteiger partial charge in [-0.25, -0.2) is 0 Å². The lowest BCUT2D eigenvalue weighted by atomic mass is 9.92. The van der Waals surface area contributed by atoms with Gasteiger partial charge in [0, 0.05) is 12.6 Å². The summed E-state index contributed by atoms with van der Waals surface area (Å²) < 4.78 is 0. The third-order valence-corrected chi connectivity index (χ3v) is 2.68. The van der Waals surface area contributed by atoms with E-state index in [-0.39, 0.29) is 6.10 Å². The van der Waals surface area contributed by atoms with E-state index >= 15 is 0 Å². The summed E-state index contributed by atoms with van der Waals surface area (Å²) in [5, 5.41) is 9.69. The van der Waals surface area contributed by atoms with Gasteiger partial charge in [-0.1, -0.05) is 18.9 Å². The van der Waals surface area contributed by atoms with Crippen molar-refractivity contribution >= 4 is 0 Å². The Bertz CT molecular complexity index is 147. The maximum atomic E-state index is 9.69. The van der Waals surface area contributed by atoms with Crippen molar-refractivity contribution in [3.8, 4) is 0 Å². The van der Waals surface area contributed by atoms with Crippen LogP contribution in [-0.2, 0) is 0 Å². The maximum absolute atomic E-state index is 9.69. The molecule has 0 spiro atoms. The lowest BCUT2D eigenvalue weighted by Crippen LogP contribution is -2.43. The summed E-state index contributed by atoms with van der Waals surface area (Å²) in [7, 11) is 2.06. The van der Waals surface area contributed by atoms with Gasteiger partial charge < -0.3 is 5.11 Å². The lowest BCUT2D eigenvalue weighted by molar-refractivity contribution is 0.0373. The highest BCUT2D eigenvalue weighted by atomic mass is 16.3. The van der Waals surface area contributed by atoms with E-state index in [0.717, 1.165) is 19.4 Å². The van der Waals surface area contributed by atoms with Crippen LogP contribution in [0, 0.1) is 0 Å². The topological polar surface area (TPSA) is 23.5 Å². The van der Waals surface area contributed by atoms with E-state index in [1.807, 2.05) is 6.08 Å². The molecule has 70 valence electrons. The van der Waals surface area contributed by atoms with E-state index in [2.05, 4.69) is 18.5 Å². The number of aliphatic hydroxyl groups excluding tert-OH is 1. The van der Waals surface area contributed by atoms with Gasteiger partial charge in [-0.3, -0.25) is 4.90 Å². The van der Waals surface area contributed by atoms with Crippen LogP contribution in [0.15, 0.2) is 12.7 Å². The second-order valence-corrected chi connectivity index (χ2v) is 3.65. The fourth-order valence-corrected chi connectivity index (χ4v) is 1.94. The molecule has 0 heterocycles. The van der Waals surface area contributed by atoms with Crippen molar-refractivity contribution in [3.05, 3.63) is 12.7 Å². The number of aliphatic hydroxyl groups is 1. The van der Waals surface area contributed by atoms with Gasteiger partial charge in [0.1, 0.15) is 0 Å². The van der Waals surface area contributed by atoms with E-state index in [9.17, 15) is 5.11 Å². The molecule has 0 aromatic carbocycles. The average Bonchev–Trinajstić information content (AvgIpc) is 2.05. The van der Waals surface area contributed by atoms with E-state index in [1.54, 1.807) is 0 Å². The number of hydrogen-bond donors (Lipinski definition) is 1. The van der Waals surface area contributed by atoms with E-state index in [0.29, 0.717) is 6.04 Å². The van der Waals surface area contributed by atoms with E-state index < -0.39 is 0 Å². The second kappa shape index (κ2) is 4.63. The summed E-state index contributed by atoms with van der Waals surface area (Å²) in [5.74, 6) is 0. The highest BCUT2D eigenvalue weighted by Crippen LogP contribution is 2.21. The molecule has 1 aliphatic carbocycles. The van der Waals surface area contributed by atoms with Crippen molar-refractivity contribution in [2.75, 3.05) is 13.6 Å². The maximum Gasteiger partial charge on any atom is 0.0695 e. The molecule has 0 bridgehead atoms. The Hall–Kier alpha value is -0.340. The Labute approximate surface area is 74.9 Å². The van der Waals surface area contributed by atoms with Gasteiger partial charge in [0.2, 0.25) is 0 Å². The van der Waals surface area contributed by atoms with Gasteiger partial charge in [-0.05, 0) is 19.9 Å². The Balaban J connectivity index is 2.41. The van der Waals surface area contributed by atoms with Crippen molar-refractivity contribution in [1.82, 2.24) is 4.90 Å². The van der Waals surface area contributed by atoms with Crippen LogP contribution >= 0.6 is 0 Å². The minimum Gasteiger partial charge on any atom is -0.391 e. The Morgan fingerprint density at radius 2 is 2.17 bits per heavy atom. The Kier molecular flexibility index (Phi) is 3.76. The van der Waals surface area contributed by atoms with Crippen molar-refractivity contribution < 1.29 is 5.11 Å². The second-order valence-electron chi connectivity index (χ2n) is 3.65. The Morgan fingerprint density at radius 3 is 2.75 bits per heavy atom. The van der Waals surface area contributed by atoms with Crippen molar-refractivity contribution in [1.29, 1.82) is 0 Å². The molecule has 1 N–H and O–H groups in total. The number of nitrogens with zero attached hydrogens (tertiary/aromatic N) is 1. The molecule has 12 heavy (non-hydrogen) atoms. The zero-order valence-electron chi connectivity index (χ0n) is 7.87. The minimum absolute atomic E-state index is 0.122. The molecule has 2 atom stereocenters. The predicted molar refractivity (Wildman–Crippen MR) is 51.1 cm³/mol. The van der Waals surface area contributed by atoms with Crippen LogP contribution < -0.4 is 0 Å². The molecule has 0 aliphatic heterocycles. The predicted octanol–water partition coefficient (Wildman–Crippen LogP) is 1.41. The lowest BCUT2D eigenvalue weighted by Gasteiger charge is -2.34. The molecule has 2 unspecified atom stereocenters. The highest BCUT2D eigenvalue weighted by molar-refractivity contribution is 4.84. The number of rotatable bonds is 3. The summed E-state index contributed by atoms with van der Waals surface area (Å²) >= 11 is 0. The Morgan fingerprint density at radius 1 is 1.50 bits per heavy atom. The van der Waals surface area contributed by atoms with Gasteiger partial charge in [0.15, 0.2) is 0 Å². The quantitative estimate of drug-likeness (QED) is 0.646. The molecule has 1 fully saturated rings. The molecule has 1 rings (SSSR count). The average molecular weight is 169 g/mol. The fourth-order valence-electron chi connectivity index (χ4n) is 1.94. The van der Waals surface area contributed by atoms with Crippen molar-refractivity contribution in [2.45, 2.75) is 37.8 Å². The molecule has 2 heteroatoms. The molecule has 1 saturated carbocycles. The van der Waals surface area contributed by atoms with Crippen molar-refractivity contribution in [3.63, 3.8) is 0 Å². The van der Waals surface area contributed by atoms with Gasteiger partial charge in [0.25, 0.3) is 0 Å².